The minimum Gasteiger partial charge on any atom is -0.379 e. The van der Waals surface area contributed by atoms with Gasteiger partial charge in [0, 0.05) is 50.0 Å². The highest BCUT2D eigenvalue weighted by Gasteiger charge is 2.16. The number of morpholine rings is 1. The van der Waals surface area contributed by atoms with Gasteiger partial charge < -0.3 is 4.74 Å². The van der Waals surface area contributed by atoms with Gasteiger partial charge in [-0.2, -0.15) is 0 Å². The minimum atomic E-state index is 0.486. The lowest BCUT2D eigenvalue weighted by Crippen LogP contribution is -2.35. The summed E-state index contributed by atoms with van der Waals surface area (Å²) in [5, 5.41) is 1.36. The highest BCUT2D eigenvalue weighted by molar-refractivity contribution is 14.2. The number of benzene rings is 1. The maximum Gasteiger partial charge on any atom is 0.156 e. The maximum atomic E-state index is 6.25. The van der Waals surface area contributed by atoms with Gasteiger partial charge in [-0.1, -0.05) is 29.8 Å². The van der Waals surface area contributed by atoms with Crippen LogP contribution in [0, 0.1) is 0 Å². The van der Waals surface area contributed by atoms with Crippen LogP contribution in [0.15, 0.2) is 36.7 Å². The van der Waals surface area contributed by atoms with Crippen LogP contribution in [-0.2, 0) is 11.3 Å². The molecule has 0 atom stereocenters. The summed E-state index contributed by atoms with van der Waals surface area (Å²) in [4.78, 5) is 10.9. The van der Waals surface area contributed by atoms with Crippen LogP contribution in [0.25, 0.3) is 22.3 Å². The van der Waals surface area contributed by atoms with Gasteiger partial charge in [0.15, 0.2) is 5.65 Å². The molecular weight excluding hydrogens is 471 g/mol. The van der Waals surface area contributed by atoms with Crippen molar-refractivity contribution in [3.63, 3.8) is 0 Å². The predicted octanol–water partition coefficient (Wildman–Crippen LogP) is 4.43. The molecule has 0 N–H and O–H groups in total. The number of hydrogen-bond acceptors (Lipinski definition) is 5. The van der Waals surface area contributed by atoms with E-state index in [-0.39, 0.29) is 0 Å². The zero-order valence-corrected chi connectivity index (χ0v) is 17.1. The van der Waals surface area contributed by atoms with Crippen LogP contribution >= 0.6 is 41.9 Å². The third-order valence-electron chi connectivity index (χ3n) is 4.31. The normalized spacial score (nSPS) is 15.8. The third kappa shape index (κ3) is 3.66. The van der Waals surface area contributed by atoms with Crippen LogP contribution in [0.5, 0.6) is 0 Å². The van der Waals surface area contributed by atoms with Crippen LogP contribution in [0.3, 0.4) is 0 Å². The Morgan fingerprint density at radius 2 is 2.04 bits per heavy atom. The van der Waals surface area contributed by atoms with Crippen molar-refractivity contribution in [2.75, 3.05) is 26.3 Å². The summed E-state index contributed by atoms with van der Waals surface area (Å²) in [6.45, 7) is 4.54. The zero-order valence-electron chi connectivity index (χ0n) is 13.4. The average molecular weight is 487 g/mol. The standard InChI is InChI=1S/C17H16ClIN4OS/c18-16-14-9-15(23(25-19)17(14)21-11-20-16)13-3-1-2-12(8-13)10-22-4-6-24-7-5-22/h1-3,8-9,11H,4-7,10H2. The molecule has 1 aliphatic heterocycles. The van der Waals surface area contributed by atoms with Gasteiger partial charge in [-0.3, -0.25) is 8.87 Å². The van der Waals surface area contributed by atoms with Crippen molar-refractivity contribution in [1.82, 2.24) is 18.8 Å². The smallest absolute Gasteiger partial charge is 0.156 e. The van der Waals surface area contributed by atoms with Crippen LogP contribution in [0.4, 0.5) is 0 Å². The second kappa shape index (κ2) is 7.79. The molecule has 0 aliphatic carbocycles. The average Bonchev–Trinajstić information content (AvgIpc) is 3.03. The van der Waals surface area contributed by atoms with Gasteiger partial charge in [0.05, 0.1) is 24.3 Å². The largest absolute Gasteiger partial charge is 0.379 e. The van der Waals surface area contributed by atoms with Crippen molar-refractivity contribution in [1.29, 1.82) is 0 Å². The topological polar surface area (TPSA) is 43.2 Å². The molecule has 2 aromatic heterocycles. The second-order valence-corrected chi connectivity index (χ2v) is 7.93. The molecule has 3 aromatic rings. The molecule has 4 rings (SSSR count). The quantitative estimate of drug-likeness (QED) is 0.403. The molecule has 1 saturated heterocycles. The molecule has 1 aliphatic rings. The summed E-state index contributed by atoms with van der Waals surface area (Å²) in [6.07, 6.45) is 1.51. The minimum absolute atomic E-state index is 0.486. The van der Waals surface area contributed by atoms with Gasteiger partial charge in [0.2, 0.25) is 0 Å². The van der Waals surface area contributed by atoms with Crippen molar-refractivity contribution < 1.29 is 4.74 Å². The van der Waals surface area contributed by atoms with Crippen LogP contribution in [-0.4, -0.2) is 45.1 Å². The first-order valence-corrected chi connectivity index (χ1v) is 11.7. The van der Waals surface area contributed by atoms with Crippen molar-refractivity contribution >= 4 is 53.0 Å². The van der Waals surface area contributed by atoms with E-state index in [1.807, 2.05) is 0 Å². The predicted molar refractivity (Wildman–Crippen MR) is 111 cm³/mol. The summed E-state index contributed by atoms with van der Waals surface area (Å²) < 4.78 is 7.53. The van der Waals surface area contributed by atoms with Crippen molar-refractivity contribution in [3.8, 4) is 11.3 Å². The van der Waals surface area contributed by atoms with Gasteiger partial charge in [-0.15, -0.1) is 0 Å². The van der Waals surface area contributed by atoms with E-state index in [1.54, 1.807) is 9.12 Å². The number of ether oxygens (including phenoxy) is 1. The molecular formula is C17H16ClIN4OS. The third-order valence-corrected chi connectivity index (χ3v) is 6.30. The van der Waals surface area contributed by atoms with Gasteiger partial charge in [0.1, 0.15) is 11.5 Å². The summed E-state index contributed by atoms with van der Waals surface area (Å²) >= 11 is 8.52. The Hall–Kier alpha value is -0.870. The fourth-order valence-corrected chi connectivity index (χ4v) is 4.90. The number of nitrogens with zero attached hydrogens (tertiary/aromatic N) is 4. The van der Waals surface area contributed by atoms with Crippen LogP contribution in [0.1, 0.15) is 5.56 Å². The molecule has 0 saturated carbocycles. The maximum absolute atomic E-state index is 6.25. The SMILES string of the molecule is Clc1ncnc2c1cc(-c1cccc(CN3CCOCC3)c1)n2SI. The molecule has 0 spiro atoms. The van der Waals surface area contributed by atoms with Crippen molar-refractivity contribution in [2.24, 2.45) is 0 Å². The first-order chi connectivity index (χ1) is 12.3. The Labute approximate surface area is 167 Å². The molecule has 5 nitrogen and oxygen atoms in total. The van der Waals surface area contributed by atoms with E-state index >= 15 is 0 Å². The van der Waals surface area contributed by atoms with Crippen molar-refractivity contribution in [2.45, 2.75) is 6.54 Å². The number of rotatable bonds is 4. The molecule has 1 fully saturated rings. The van der Waals surface area contributed by atoms with E-state index in [0.29, 0.717) is 5.15 Å². The molecule has 8 heteroatoms. The summed E-state index contributed by atoms with van der Waals surface area (Å²) in [5.41, 5.74) is 4.38. The molecule has 3 heterocycles. The Morgan fingerprint density at radius 1 is 1.20 bits per heavy atom. The van der Waals surface area contributed by atoms with E-state index in [2.05, 4.69) is 70.4 Å². The van der Waals surface area contributed by atoms with Gasteiger partial charge in [-0.25, -0.2) is 9.97 Å². The highest BCUT2D eigenvalue weighted by atomic mass is 127. The Balaban J connectivity index is 1.71. The Morgan fingerprint density at radius 3 is 2.84 bits per heavy atom. The lowest BCUT2D eigenvalue weighted by Gasteiger charge is -2.26. The molecule has 130 valence electrons. The summed E-state index contributed by atoms with van der Waals surface area (Å²) in [7, 11) is 1.59. The second-order valence-electron chi connectivity index (χ2n) is 5.88. The number of hydrogen-bond donors (Lipinski definition) is 0. The highest BCUT2D eigenvalue weighted by Crippen LogP contribution is 2.35. The fourth-order valence-electron chi connectivity index (χ4n) is 3.08. The molecule has 0 amide bonds. The van der Waals surface area contributed by atoms with Crippen LogP contribution in [0.2, 0.25) is 5.15 Å². The number of aromatic nitrogens is 3. The zero-order chi connectivity index (χ0) is 17.2. The lowest BCUT2D eigenvalue weighted by atomic mass is 10.1. The van der Waals surface area contributed by atoms with E-state index in [4.69, 9.17) is 16.3 Å². The molecule has 0 unspecified atom stereocenters. The lowest BCUT2D eigenvalue weighted by molar-refractivity contribution is 0.0342. The van der Waals surface area contributed by atoms with Crippen LogP contribution < -0.4 is 0 Å². The van der Waals surface area contributed by atoms with E-state index < -0.39 is 0 Å². The van der Waals surface area contributed by atoms with E-state index in [9.17, 15) is 0 Å². The fraction of sp³-hybridized carbons (Fsp3) is 0.294. The molecule has 1 aromatic carbocycles. The van der Waals surface area contributed by atoms with Gasteiger partial charge in [0.25, 0.3) is 0 Å². The van der Waals surface area contributed by atoms with E-state index in [0.717, 1.165) is 55.1 Å². The first-order valence-electron chi connectivity index (χ1n) is 7.96. The number of fused-ring (bicyclic) bond motifs is 1. The van der Waals surface area contributed by atoms with E-state index in [1.165, 1.54) is 11.9 Å². The monoisotopic (exact) mass is 486 g/mol. The molecule has 25 heavy (non-hydrogen) atoms. The first kappa shape index (κ1) is 17.5. The van der Waals surface area contributed by atoms with Gasteiger partial charge in [-0.05, 0) is 23.3 Å². The van der Waals surface area contributed by atoms with Gasteiger partial charge >= 0.3 is 0 Å². The van der Waals surface area contributed by atoms with Crippen molar-refractivity contribution in [3.05, 3.63) is 47.4 Å². The summed E-state index contributed by atoms with van der Waals surface area (Å²) in [5.74, 6) is 0. The Kier molecular flexibility index (Phi) is 5.47. The number of halogens is 2. The Bertz CT molecular complexity index is 897. The summed E-state index contributed by atoms with van der Waals surface area (Å²) in [6, 6.07) is 10.7. The molecule has 0 bridgehead atoms. The molecule has 0 radical (unpaired) electrons.